The molecule has 0 aliphatic heterocycles. The van der Waals surface area contributed by atoms with Gasteiger partial charge < -0.3 is 9.73 Å². The van der Waals surface area contributed by atoms with Crippen molar-refractivity contribution in [3.8, 4) is 11.5 Å². The lowest BCUT2D eigenvalue weighted by atomic mass is 10.2. The van der Waals surface area contributed by atoms with Crippen molar-refractivity contribution in [3.63, 3.8) is 0 Å². The molecule has 0 unspecified atom stereocenters. The second-order valence-electron chi connectivity index (χ2n) is 6.21. The molecule has 1 amide bonds. The first-order chi connectivity index (χ1) is 14.4. The number of fused-ring (bicyclic) bond motifs is 1. The zero-order valence-corrected chi connectivity index (χ0v) is 18.2. The summed E-state index contributed by atoms with van der Waals surface area (Å²) < 4.78 is 5.79. The third-order valence-electron chi connectivity index (χ3n) is 4.16. The van der Waals surface area contributed by atoms with Crippen LogP contribution in [0.5, 0.6) is 0 Å². The first kappa shape index (κ1) is 20.6. The van der Waals surface area contributed by atoms with Crippen LogP contribution in [0.4, 0.5) is 5.69 Å². The molecule has 30 heavy (non-hydrogen) atoms. The first-order valence-corrected chi connectivity index (χ1v) is 10.2. The lowest BCUT2D eigenvalue weighted by Gasteiger charge is -2.12. The average molecular weight is 477 g/mol. The second-order valence-corrected chi connectivity index (χ2v) is 7.87. The third-order valence-corrected chi connectivity index (χ3v) is 5.24. The summed E-state index contributed by atoms with van der Waals surface area (Å²) in [6.45, 7) is 0. The highest BCUT2D eigenvalue weighted by atomic mass is 35.5. The molecule has 150 valence electrons. The molecule has 0 saturated carbocycles. The number of oxazole rings is 1. The Hall–Kier alpha value is -2.64. The fourth-order valence-corrected chi connectivity index (χ4v) is 3.61. The first-order valence-electron chi connectivity index (χ1n) is 8.63. The summed E-state index contributed by atoms with van der Waals surface area (Å²) in [7, 11) is 0. The number of nitrogens with zero attached hydrogens (tertiary/aromatic N) is 1. The number of aromatic nitrogens is 1. The molecule has 4 rings (SSSR count). The zero-order chi connectivity index (χ0) is 21.3. The summed E-state index contributed by atoms with van der Waals surface area (Å²) in [4.78, 5) is 16.9. The number of thiocarbonyl (C=S) groups is 1. The van der Waals surface area contributed by atoms with Crippen LogP contribution in [0.1, 0.15) is 10.4 Å². The van der Waals surface area contributed by atoms with Crippen LogP contribution in [0.3, 0.4) is 0 Å². The van der Waals surface area contributed by atoms with Crippen molar-refractivity contribution >= 4 is 74.8 Å². The van der Waals surface area contributed by atoms with Gasteiger partial charge in [0.05, 0.1) is 21.3 Å². The Morgan fingerprint density at radius 3 is 2.53 bits per heavy atom. The van der Waals surface area contributed by atoms with Crippen LogP contribution < -0.4 is 10.6 Å². The molecule has 0 saturated heterocycles. The van der Waals surface area contributed by atoms with Gasteiger partial charge in [0.2, 0.25) is 5.89 Å². The van der Waals surface area contributed by atoms with Crippen LogP contribution in [0.2, 0.25) is 15.1 Å². The smallest absolute Gasteiger partial charge is 0.258 e. The third kappa shape index (κ3) is 4.42. The number of carbonyl (C=O) groups is 1. The molecular formula is C21H12Cl3N3O2S. The highest BCUT2D eigenvalue weighted by Crippen LogP contribution is 2.30. The van der Waals surface area contributed by atoms with Gasteiger partial charge in [0.15, 0.2) is 10.7 Å². The lowest BCUT2D eigenvalue weighted by molar-refractivity contribution is 0.0978. The van der Waals surface area contributed by atoms with Crippen LogP contribution in [0.15, 0.2) is 65.1 Å². The molecule has 0 aliphatic rings. The van der Waals surface area contributed by atoms with Crippen LogP contribution >= 0.6 is 47.0 Å². The van der Waals surface area contributed by atoms with Crippen LogP contribution in [0, 0.1) is 0 Å². The molecule has 5 nitrogen and oxygen atoms in total. The van der Waals surface area contributed by atoms with E-state index < -0.39 is 5.91 Å². The van der Waals surface area contributed by atoms with Crippen LogP contribution in [0.25, 0.3) is 22.6 Å². The molecule has 2 N–H and O–H groups in total. The summed E-state index contributed by atoms with van der Waals surface area (Å²) >= 11 is 23.5. The molecule has 4 aromatic rings. The van der Waals surface area contributed by atoms with Crippen molar-refractivity contribution < 1.29 is 9.21 Å². The number of hydrogen-bond donors (Lipinski definition) is 2. The maximum atomic E-state index is 12.4. The standard InChI is InChI=1S/C21H12Cl3N3O2S/c22-12-6-7-13(15(24)10-12)19(28)27-21(30)26-17-9-11(5-8-14(17)23)20-25-16-3-1-2-4-18(16)29-20/h1-10H,(H2,26,27,28,30). The highest BCUT2D eigenvalue weighted by Gasteiger charge is 2.14. The van der Waals surface area contributed by atoms with Gasteiger partial charge in [-0.3, -0.25) is 10.1 Å². The Bertz CT molecular complexity index is 1260. The normalized spacial score (nSPS) is 10.8. The predicted molar refractivity (Wildman–Crippen MR) is 125 cm³/mol. The van der Waals surface area contributed by atoms with E-state index in [9.17, 15) is 4.79 Å². The van der Waals surface area contributed by atoms with E-state index >= 15 is 0 Å². The van der Waals surface area contributed by atoms with E-state index in [1.165, 1.54) is 12.1 Å². The van der Waals surface area contributed by atoms with Crippen LogP contribution in [-0.2, 0) is 0 Å². The van der Waals surface area contributed by atoms with Gasteiger partial charge in [-0.15, -0.1) is 0 Å². The number of para-hydroxylation sites is 2. The van der Waals surface area contributed by atoms with Crippen LogP contribution in [-0.4, -0.2) is 16.0 Å². The monoisotopic (exact) mass is 475 g/mol. The summed E-state index contributed by atoms with van der Waals surface area (Å²) in [5.41, 5.74) is 2.87. The minimum Gasteiger partial charge on any atom is -0.436 e. The van der Waals surface area contributed by atoms with Gasteiger partial charge in [0.25, 0.3) is 5.91 Å². The summed E-state index contributed by atoms with van der Waals surface area (Å²) in [5.74, 6) is -0.0285. The average Bonchev–Trinajstić information content (AvgIpc) is 3.13. The Morgan fingerprint density at radius 1 is 0.967 bits per heavy atom. The fraction of sp³-hybridized carbons (Fsp3) is 0. The number of amides is 1. The van der Waals surface area contributed by atoms with Crippen molar-refractivity contribution in [1.82, 2.24) is 10.3 Å². The molecule has 0 atom stereocenters. The topological polar surface area (TPSA) is 67.2 Å². The molecule has 9 heteroatoms. The number of rotatable bonds is 3. The number of halogens is 3. The van der Waals surface area contributed by atoms with Crippen molar-refractivity contribution in [3.05, 3.63) is 81.3 Å². The maximum absolute atomic E-state index is 12.4. The molecule has 0 aliphatic carbocycles. The largest absolute Gasteiger partial charge is 0.436 e. The molecule has 1 heterocycles. The molecule has 3 aromatic carbocycles. The van der Waals surface area contributed by atoms with Crippen molar-refractivity contribution in [2.24, 2.45) is 0 Å². The van der Waals surface area contributed by atoms with E-state index in [0.717, 1.165) is 5.52 Å². The second kappa shape index (κ2) is 8.62. The van der Waals surface area contributed by atoms with Gasteiger partial charge >= 0.3 is 0 Å². The quantitative estimate of drug-likeness (QED) is 0.327. The van der Waals surface area contributed by atoms with Gasteiger partial charge in [-0.2, -0.15) is 0 Å². The molecule has 0 radical (unpaired) electrons. The van der Waals surface area contributed by atoms with E-state index in [1.54, 1.807) is 24.3 Å². The van der Waals surface area contributed by atoms with Crippen molar-refractivity contribution in [1.29, 1.82) is 0 Å². The van der Waals surface area contributed by atoms with E-state index in [1.807, 2.05) is 24.3 Å². The molecule has 1 aromatic heterocycles. The molecule has 0 bridgehead atoms. The Balaban J connectivity index is 1.53. The Labute approximate surface area is 192 Å². The summed E-state index contributed by atoms with van der Waals surface area (Å²) in [5, 5.41) is 6.61. The highest BCUT2D eigenvalue weighted by molar-refractivity contribution is 7.80. The van der Waals surface area contributed by atoms with Gasteiger partial charge in [0.1, 0.15) is 5.52 Å². The van der Waals surface area contributed by atoms with E-state index in [4.69, 9.17) is 51.4 Å². The van der Waals surface area contributed by atoms with E-state index in [2.05, 4.69) is 15.6 Å². The molecular weight excluding hydrogens is 465 g/mol. The van der Waals surface area contributed by atoms with Crippen molar-refractivity contribution in [2.75, 3.05) is 5.32 Å². The lowest BCUT2D eigenvalue weighted by Crippen LogP contribution is -2.34. The predicted octanol–water partition coefficient (Wildman–Crippen LogP) is 6.58. The molecule has 0 fully saturated rings. The zero-order valence-electron chi connectivity index (χ0n) is 15.1. The number of nitrogens with one attached hydrogen (secondary N) is 2. The number of benzene rings is 3. The van der Waals surface area contributed by atoms with Gasteiger partial charge in [-0.1, -0.05) is 46.9 Å². The van der Waals surface area contributed by atoms with Gasteiger partial charge in [0, 0.05) is 10.6 Å². The van der Waals surface area contributed by atoms with Crippen molar-refractivity contribution in [2.45, 2.75) is 0 Å². The minimum absolute atomic E-state index is 0.0580. The maximum Gasteiger partial charge on any atom is 0.258 e. The van der Waals surface area contributed by atoms with E-state index in [-0.39, 0.29) is 15.7 Å². The number of anilines is 1. The minimum atomic E-state index is -0.472. The summed E-state index contributed by atoms with van der Waals surface area (Å²) in [6, 6.07) is 17.2. The Kier molecular flexibility index (Phi) is 5.92. The fourth-order valence-electron chi connectivity index (χ4n) is 2.75. The SMILES string of the molecule is O=C(NC(=S)Nc1cc(-c2nc3ccccc3o2)ccc1Cl)c1ccc(Cl)cc1Cl. The number of carbonyl (C=O) groups excluding carboxylic acids is 1. The Morgan fingerprint density at radius 2 is 1.77 bits per heavy atom. The van der Waals surface area contributed by atoms with Gasteiger partial charge in [-0.25, -0.2) is 4.98 Å². The summed E-state index contributed by atoms with van der Waals surface area (Å²) in [6.07, 6.45) is 0. The van der Waals surface area contributed by atoms with Gasteiger partial charge in [-0.05, 0) is 60.7 Å². The number of hydrogen-bond acceptors (Lipinski definition) is 4. The van der Waals surface area contributed by atoms with E-state index in [0.29, 0.717) is 32.8 Å². The molecule has 0 spiro atoms.